The van der Waals surface area contributed by atoms with Crippen molar-refractivity contribution < 1.29 is 9.53 Å². The molecule has 1 aromatic carbocycles. The number of nitrogens with one attached hydrogen (secondary N) is 1. The minimum atomic E-state index is -0.241. The summed E-state index contributed by atoms with van der Waals surface area (Å²) in [7, 11) is 0. The highest BCUT2D eigenvalue weighted by Crippen LogP contribution is 2.20. The molecule has 4 heteroatoms. The number of rotatable bonds is 5. The second-order valence-corrected chi connectivity index (χ2v) is 4.52. The van der Waals surface area contributed by atoms with Crippen molar-refractivity contribution in [1.82, 2.24) is 4.98 Å². The fourth-order valence-corrected chi connectivity index (χ4v) is 1.76. The Bertz CT molecular complexity index is 633. The van der Waals surface area contributed by atoms with E-state index in [1.54, 1.807) is 24.4 Å². The number of anilines is 1. The average molecular weight is 282 g/mol. The van der Waals surface area contributed by atoms with Gasteiger partial charge in [0.15, 0.2) is 11.6 Å². The third-order valence-electron chi connectivity index (χ3n) is 2.82. The molecule has 0 unspecified atom stereocenters. The Kier molecular flexibility index (Phi) is 5.10. The molecule has 1 N–H and O–H groups in total. The number of hydrogen-bond donors (Lipinski definition) is 1. The first-order valence-electron chi connectivity index (χ1n) is 6.82. The van der Waals surface area contributed by atoms with Crippen LogP contribution in [0.1, 0.15) is 18.1 Å². The number of hydrogen-bond acceptors (Lipinski definition) is 3. The second kappa shape index (κ2) is 7.24. The molecule has 0 radical (unpaired) electrons. The van der Waals surface area contributed by atoms with E-state index in [0.29, 0.717) is 18.2 Å². The number of nitrogens with zero attached hydrogens (tertiary/aromatic N) is 1. The van der Waals surface area contributed by atoms with Gasteiger partial charge in [-0.2, -0.15) is 0 Å². The van der Waals surface area contributed by atoms with E-state index in [-0.39, 0.29) is 5.91 Å². The van der Waals surface area contributed by atoms with Crippen LogP contribution in [0.2, 0.25) is 0 Å². The van der Waals surface area contributed by atoms with Gasteiger partial charge in [0.05, 0.1) is 6.61 Å². The first-order valence-corrected chi connectivity index (χ1v) is 6.82. The molecule has 2 aromatic rings. The summed E-state index contributed by atoms with van der Waals surface area (Å²) >= 11 is 0. The molecule has 0 fully saturated rings. The zero-order valence-corrected chi connectivity index (χ0v) is 12.2. The standard InChI is InChI=1S/C17H18N2O2/c1-3-21-15-5-4-12-18-17(15)19-16(20)11-10-14-8-6-13(2)7-9-14/h4-12H,3H2,1-2H3,(H,18,19,20)/b11-10+. The Balaban J connectivity index is 2.03. The smallest absolute Gasteiger partial charge is 0.249 e. The highest BCUT2D eigenvalue weighted by atomic mass is 16.5. The molecule has 0 saturated carbocycles. The Hall–Kier alpha value is -2.62. The summed E-state index contributed by atoms with van der Waals surface area (Å²) in [6.45, 7) is 4.43. The molecule has 0 atom stereocenters. The van der Waals surface area contributed by atoms with Gasteiger partial charge in [-0.05, 0) is 37.6 Å². The van der Waals surface area contributed by atoms with Crippen molar-refractivity contribution in [2.24, 2.45) is 0 Å². The topological polar surface area (TPSA) is 51.2 Å². The van der Waals surface area contributed by atoms with E-state index in [1.165, 1.54) is 11.6 Å². The van der Waals surface area contributed by atoms with Crippen LogP contribution in [0.3, 0.4) is 0 Å². The van der Waals surface area contributed by atoms with Gasteiger partial charge in [0, 0.05) is 12.3 Å². The molecule has 108 valence electrons. The van der Waals surface area contributed by atoms with E-state index >= 15 is 0 Å². The first kappa shape index (κ1) is 14.8. The number of carbonyl (C=O) groups excluding carboxylic acids is 1. The first-order chi connectivity index (χ1) is 10.2. The van der Waals surface area contributed by atoms with Crippen LogP contribution < -0.4 is 10.1 Å². The number of aromatic nitrogens is 1. The Morgan fingerprint density at radius 1 is 1.29 bits per heavy atom. The maximum Gasteiger partial charge on any atom is 0.249 e. The molecular formula is C17H18N2O2. The Morgan fingerprint density at radius 2 is 2.05 bits per heavy atom. The molecule has 1 aromatic heterocycles. The van der Waals surface area contributed by atoms with Gasteiger partial charge in [-0.15, -0.1) is 0 Å². The van der Waals surface area contributed by atoms with Crippen LogP contribution in [0.25, 0.3) is 6.08 Å². The quantitative estimate of drug-likeness (QED) is 0.855. The second-order valence-electron chi connectivity index (χ2n) is 4.52. The molecule has 4 nitrogen and oxygen atoms in total. The third-order valence-corrected chi connectivity index (χ3v) is 2.82. The molecule has 21 heavy (non-hydrogen) atoms. The van der Waals surface area contributed by atoms with E-state index in [4.69, 9.17) is 4.74 Å². The van der Waals surface area contributed by atoms with Gasteiger partial charge in [-0.25, -0.2) is 4.98 Å². The molecule has 0 aliphatic heterocycles. The zero-order valence-electron chi connectivity index (χ0n) is 12.2. The van der Waals surface area contributed by atoms with Crippen LogP contribution in [0.5, 0.6) is 5.75 Å². The van der Waals surface area contributed by atoms with Gasteiger partial charge < -0.3 is 10.1 Å². The van der Waals surface area contributed by atoms with Crippen molar-refractivity contribution in [2.45, 2.75) is 13.8 Å². The van der Waals surface area contributed by atoms with E-state index in [2.05, 4.69) is 10.3 Å². The molecule has 0 aliphatic rings. The number of amides is 1. The lowest BCUT2D eigenvalue weighted by atomic mass is 10.1. The zero-order chi connectivity index (χ0) is 15.1. The summed E-state index contributed by atoms with van der Waals surface area (Å²) in [6, 6.07) is 11.5. The van der Waals surface area contributed by atoms with Crippen molar-refractivity contribution >= 4 is 17.8 Å². The van der Waals surface area contributed by atoms with Gasteiger partial charge in [0.2, 0.25) is 5.91 Å². The predicted octanol–water partition coefficient (Wildman–Crippen LogP) is 3.44. The van der Waals surface area contributed by atoms with Crippen LogP contribution in [0.4, 0.5) is 5.82 Å². The lowest BCUT2D eigenvalue weighted by Gasteiger charge is -2.08. The van der Waals surface area contributed by atoms with Crippen molar-refractivity contribution in [3.05, 3.63) is 59.8 Å². The molecule has 1 heterocycles. The highest BCUT2D eigenvalue weighted by molar-refractivity contribution is 6.02. The van der Waals surface area contributed by atoms with E-state index in [0.717, 1.165) is 5.56 Å². The lowest BCUT2D eigenvalue weighted by Crippen LogP contribution is -2.10. The number of carbonyl (C=O) groups is 1. The maximum absolute atomic E-state index is 11.9. The number of ether oxygens (including phenoxy) is 1. The van der Waals surface area contributed by atoms with E-state index in [9.17, 15) is 4.79 Å². The largest absolute Gasteiger partial charge is 0.490 e. The highest BCUT2D eigenvalue weighted by Gasteiger charge is 2.06. The lowest BCUT2D eigenvalue weighted by molar-refractivity contribution is -0.111. The van der Waals surface area contributed by atoms with Crippen LogP contribution >= 0.6 is 0 Å². The van der Waals surface area contributed by atoms with E-state index < -0.39 is 0 Å². The molecule has 0 aliphatic carbocycles. The van der Waals surface area contributed by atoms with Crippen molar-refractivity contribution in [3.63, 3.8) is 0 Å². The summed E-state index contributed by atoms with van der Waals surface area (Å²) < 4.78 is 5.41. The summed E-state index contributed by atoms with van der Waals surface area (Å²) in [5.74, 6) is 0.755. The molecule has 1 amide bonds. The van der Waals surface area contributed by atoms with Crippen molar-refractivity contribution in [3.8, 4) is 5.75 Å². The summed E-state index contributed by atoms with van der Waals surface area (Å²) in [5, 5.41) is 2.72. The number of benzene rings is 1. The summed E-state index contributed by atoms with van der Waals surface area (Å²) in [6.07, 6.45) is 4.86. The Morgan fingerprint density at radius 3 is 2.76 bits per heavy atom. The molecule has 2 rings (SSSR count). The maximum atomic E-state index is 11.9. The van der Waals surface area contributed by atoms with E-state index in [1.807, 2.05) is 38.1 Å². The predicted molar refractivity (Wildman–Crippen MR) is 84.2 cm³/mol. The van der Waals surface area contributed by atoms with Crippen molar-refractivity contribution in [1.29, 1.82) is 0 Å². The number of pyridine rings is 1. The fourth-order valence-electron chi connectivity index (χ4n) is 1.76. The molecular weight excluding hydrogens is 264 g/mol. The minimum absolute atomic E-state index is 0.241. The average Bonchev–Trinajstić information content (AvgIpc) is 2.49. The van der Waals surface area contributed by atoms with Gasteiger partial charge in [-0.1, -0.05) is 29.8 Å². The minimum Gasteiger partial charge on any atom is -0.490 e. The number of aryl methyl sites for hydroxylation is 1. The molecule has 0 bridgehead atoms. The van der Waals surface area contributed by atoms with Crippen LogP contribution in [-0.2, 0) is 4.79 Å². The van der Waals surface area contributed by atoms with Gasteiger partial charge in [0.1, 0.15) is 0 Å². The van der Waals surface area contributed by atoms with Gasteiger partial charge in [-0.3, -0.25) is 4.79 Å². The van der Waals surface area contributed by atoms with Gasteiger partial charge in [0.25, 0.3) is 0 Å². The van der Waals surface area contributed by atoms with Crippen LogP contribution in [-0.4, -0.2) is 17.5 Å². The fraction of sp³-hybridized carbons (Fsp3) is 0.176. The monoisotopic (exact) mass is 282 g/mol. The molecule has 0 saturated heterocycles. The normalized spacial score (nSPS) is 10.6. The van der Waals surface area contributed by atoms with Crippen LogP contribution in [0.15, 0.2) is 48.7 Å². The SMILES string of the molecule is CCOc1cccnc1NC(=O)/C=C/c1ccc(C)cc1. The van der Waals surface area contributed by atoms with Gasteiger partial charge >= 0.3 is 0 Å². The third kappa shape index (κ3) is 4.45. The Labute approximate surface area is 124 Å². The van der Waals surface area contributed by atoms with Crippen LogP contribution in [0, 0.1) is 6.92 Å². The summed E-state index contributed by atoms with van der Waals surface area (Å²) in [5.41, 5.74) is 2.16. The summed E-state index contributed by atoms with van der Waals surface area (Å²) in [4.78, 5) is 16.0. The van der Waals surface area contributed by atoms with Crippen molar-refractivity contribution in [2.75, 3.05) is 11.9 Å². The molecule has 0 spiro atoms.